The van der Waals surface area contributed by atoms with Crippen LogP contribution in [0.4, 0.5) is 23.4 Å². The van der Waals surface area contributed by atoms with E-state index in [2.05, 4.69) is 10.3 Å². The fraction of sp³-hybridized carbons (Fsp3) is 0.429. The summed E-state index contributed by atoms with van der Waals surface area (Å²) >= 11 is 0. The molecule has 1 aliphatic rings. The van der Waals surface area contributed by atoms with E-state index in [0.717, 1.165) is 25.1 Å². The van der Waals surface area contributed by atoms with Crippen LogP contribution in [0.15, 0.2) is 36.5 Å². The number of benzene rings is 1. The maximum absolute atomic E-state index is 14.0. The second kappa shape index (κ2) is 8.89. The molecule has 1 aromatic carbocycles. The van der Waals surface area contributed by atoms with E-state index in [4.69, 9.17) is 4.74 Å². The Morgan fingerprint density at radius 2 is 2.07 bits per heavy atom. The number of amides is 1. The number of rotatable bonds is 5. The second-order valence-corrected chi connectivity index (χ2v) is 7.32. The number of piperidine rings is 1. The fourth-order valence-electron chi connectivity index (χ4n) is 3.73. The number of hydrogen-bond donors (Lipinski definition) is 1. The van der Waals surface area contributed by atoms with Gasteiger partial charge in [-0.15, -0.1) is 0 Å². The smallest absolute Gasteiger partial charge is 0.417 e. The lowest BCUT2D eigenvalue weighted by atomic mass is 9.90. The number of halogens is 4. The van der Waals surface area contributed by atoms with E-state index in [1.165, 1.54) is 31.4 Å². The molecule has 5 nitrogen and oxygen atoms in total. The summed E-state index contributed by atoms with van der Waals surface area (Å²) < 4.78 is 57.2. The average molecular weight is 425 g/mol. The molecule has 1 aliphatic heterocycles. The van der Waals surface area contributed by atoms with E-state index in [0.29, 0.717) is 13.1 Å². The first kappa shape index (κ1) is 21.9. The molecule has 1 N–H and O–H groups in total. The van der Waals surface area contributed by atoms with Crippen molar-refractivity contribution in [3.8, 4) is 5.75 Å². The summed E-state index contributed by atoms with van der Waals surface area (Å²) in [6, 6.07) is 6.19. The Morgan fingerprint density at radius 3 is 2.70 bits per heavy atom. The van der Waals surface area contributed by atoms with Crippen LogP contribution >= 0.6 is 0 Å². The monoisotopic (exact) mass is 425 g/mol. The van der Waals surface area contributed by atoms with Gasteiger partial charge in [0.05, 0.1) is 24.3 Å². The minimum atomic E-state index is -4.45. The minimum Gasteiger partial charge on any atom is -0.493 e. The van der Waals surface area contributed by atoms with Crippen LogP contribution in [-0.4, -0.2) is 42.0 Å². The first-order valence-electron chi connectivity index (χ1n) is 9.63. The van der Waals surface area contributed by atoms with Crippen LogP contribution in [0.3, 0.4) is 0 Å². The van der Waals surface area contributed by atoms with Crippen molar-refractivity contribution in [1.82, 2.24) is 9.88 Å². The molecule has 3 rings (SSSR count). The predicted octanol–water partition coefficient (Wildman–Crippen LogP) is 4.60. The van der Waals surface area contributed by atoms with Gasteiger partial charge in [0.2, 0.25) is 0 Å². The Labute approximate surface area is 172 Å². The number of ether oxygens (including phenoxy) is 1. The van der Waals surface area contributed by atoms with Crippen molar-refractivity contribution in [3.05, 3.63) is 53.5 Å². The summed E-state index contributed by atoms with van der Waals surface area (Å²) in [5, 5.41) is 3.02. The molecule has 1 fully saturated rings. The largest absolute Gasteiger partial charge is 0.493 e. The van der Waals surface area contributed by atoms with E-state index in [1.807, 2.05) is 6.92 Å². The molecule has 9 heteroatoms. The van der Waals surface area contributed by atoms with E-state index < -0.39 is 17.6 Å². The van der Waals surface area contributed by atoms with Gasteiger partial charge in [0.15, 0.2) is 11.6 Å². The number of likely N-dealkylation sites (tertiary alicyclic amines) is 1. The average Bonchev–Trinajstić information content (AvgIpc) is 2.71. The molecule has 0 radical (unpaired) electrons. The summed E-state index contributed by atoms with van der Waals surface area (Å²) in [4.78, 5) is 18.7. The van der Waals surface area contributed by atoms with Crippen LogP contribution in [0.1, 0.15) is 35.7 Å². The standard InChI is InChI=1S/C21H23F4N3O2/c1-13-5-4-10-28(20(29)15-6-3-7-16(22)19(15)30-2)17(13)12-27-18-9-8-14(11-26-18)21(23,24)25/h3,6-9,11,13,17H,4-5,10,12H2,1-2H3,(H,26,27). The van der Waals surface area contributed by atoms with Gasteiger partial charge < -0.3 is 15.0 Å². The Hall–Kier alpha value is -2.84. The summed E-state index contributed by atoms with van der Waals surface area (Å²) in [5.74, 6) is -0.625. The number of nitrogens with zero attached hydrogens (tertiary/aromatic N) is 2. The zero-order valence-electron chi connectivity index (χ0n) is 16.7. The van der Waals surface area contributed by atoms with Crippen LogP contribution < -0.4 is 10.1 Å². The topological polar surface area (TPSA) is 54.5 Å². The van der Waals surface area contributed by atoms with Crippen molar-refractivity contribution in [2.75, 3.05) is 25.5 Å². The Morgan fingerprint density at radius 1 is 1.30 bits per heavy atom. The van der Waals surface area contributed by atoms with E-state index in [-0.39, 0.29) is 35.0 Å². The molecule has 1 amide bonds. The zero-order chi connectivity index (χ0) is 21.9. The molecule has 0 saturated carbocycles. The third kappa shape index (κ3) is 4.66. The molecule has 2 unspecified atom stereocenters. The third-order valence-corrected chi connectivity index (χ3v) is 5.36. The van der Waals surface area contributed by atoms with Gasteiger partial charge >= 0.3 is 6.18 Å². The highest BCUT2D eigenvalue weighted by atomic mass is 19.4. The van der Waals surface area contributed by atoms with Gasteiger partial charge in [0, 0.05) is 19.3 Å². The van der Waals surface area contributed by atoms with Gasteiger partial charge in [-0.05, 0) is 43.0 Å². The highest BCUT2D eigenvalue weighted by Crippen LogP contribution is 2.31. The quantitative estimate of drug-likeness (QED) is 0.712. The maximum atomic E-state index is 14.0. The molecule has 2 aromatic rings. The number of para-hydroxylation sites is 1. The first-order chi connectivity index (χ1) is 14.2. The molecule has 0 spiro atoms. The summed E-state index contributed by atoms with van der Waals surface area (Å²) in [5.41, 5.74) is -0.682. The number of pyridine rings is 1. The Balaban J connectivity index is 1.77. The number of aromatic nitrogens is 1. The summed E-state index contributed by atoms with van der Waals surface area (Å²) in [6.45, 7) is 2.81. The fourth-order valence-corrected chi connectivity index (χ4v) is 3.73. The van der Waals surface area contributed by atoms with E-state index >= 15 is 0 Å². The van der Waals surface area contributed by atoms with Gasteiger partial charge in [-0.25, -0.2) is 9.37 Å². The number of carbonyl (C=O) groups is 1. The van der Waals surface area contributed by atoms with Gasteiger partial charge in [-0.2, -0.15) is 13.2 Å². The molecule has 2 atom stereocenters. The third-order valence-electron chi connectivity index (χ3n) is 5.36. The molecule has 162 valence electrons. The minimum absolute atomic E-state index is 0.100. The highest BCUT2D eigenvalue weighted by molar-refractivity contribution is 5.97. The molecule has 0 aliphatic carbocycles. The van der Waals surface area contributed by atoms with Crippen molar-refractivity contribution in [1.29, 1.82) is 0 Å². The molecular formula is C21H23F4N3O2. The van der Waals surface area contributed by atoms with Crippen molar-refractivity contribution < 1.29 is 27.1 Å². The van der Waals surface area contributed by atoms with Crippen molar-refractivity contribution in [2.45, 2.75) is 32.0 Å². The van der Waals surface area contributed by atoms with E-state index in [1.54, 1.807) is 4.90 Å². The number of nitrogens with one attached hydrogen (secondary N) is 1. The first-order valence-corrected chi connectivity index (χ1v) is 9.63. The van der Waals surface area contributed by atoms with Crippen LogP contribution in [-0.2, 0) is 6.18 Å². The molecule has 1 saturated heterocycles. The normalized spacial score (nSPS) is 19.5. The van der Waals surface area contributed by atoms with Gasteiger partial charge in [0.1, 0.15) is 5.82 Å². The Bertz CT molecular complexity index is 887. The van der Waals surface area contributed by atoms with Crippen LogP contribution in [0, 0.1) is 11.7 Å². The molecular weight excluding hydrogens is 402 g/mol. The molecule has 30 heavy (non-hydrogen) atoms. The molecule has 1 aromatic heterocycles. The van der Waals surface area contributed by atoms with Gasteiger partial charge in [-0.1, -0.05) is 13.0 Å². The lowest BCUT2D eigenvalue weighted by Gasteiger charge is -2.40. The van der Waals surface area contributed by atoms with Gasteiger partial charge in [0.25, 0.3) is 5.91 Å². The lowest BCUT2D eigenvalue weighted by molar-refractivity contribution is -0.137. The second-order valence-electron chi connectivity index (χ2n) is 7.32. The molecule has 2 heterocycles. The highest BCUT2D eigenvalue weighted by Gasteiger charge is 2.34. The van der Waals surface area contributed by atoms with Gasteiger partial charge in [-0.3, -0.25) is 4.79 Å². The zero-order valence-corrected chi connectivity index (χ0v) is 16.7. The number of hydrogen-bond acceptors (Lipinski definition) is 4. The SMILES string of the molecule is COc1c(F)cccc1C(=O)N1CCCC(C)C1CNc1ccc(C(F)(F)F)cn1. The van der Waals surface area contributed by atoms with Crippen molar-refractivity contribution in [2.24, 2.45) is 5.92 Å². The molecule has 0 bridgehead atoms. The Kier molecular flexibility index (Phi) is 6.48. The number of methoxy groups -OCH3 is 1. The number of alkyl halides is 3. The van der Waals surface area contributed by atoms with Crippen LogP contribution in [0.2, 0.25) is 0 Å². The lowest BCUT2D eigenvalue weighted by Crippen LogP contribution is -2.51. The van der Waals surface area contributed by atoms with Crippen LogP contribution in [0.25, 0.3) is 0 Å². The van der Waals surface area contributed by atoms with Crippen molar-refractivity contribution >= 4 is 11.7 Å². The maximum Gasteiger partial charge on any atom is 0.417 e. The summed E-state index contributed by atoms with van der Waals surface area (Å²) in [7, 11) is 1.31. The predicted molar refractivity (Wildman–Crippen MR) is 104 cm³/mol. The number of carbonyl (C=O) groups excluding carboxylic acids is 1. The van der Waals surface area contributed by atoms with Crippen molar-refractivity contribution in [3.63, 3.8) is 0 Å². The summed E-state index contributed by atoms with van der Waals surface area (Å²) in [6.07, 6.45) is -1.97. The number of anilines is 1. The van der Waals surface area contributed by atoms with Crippen LogP contribution in [0.5, 0.6) is 5.75 Å². The van der Waals surface area contributed by atoms with E-state index in [9.17, 15) is 22.4 Å².